The van der Waals surface area contributed by atoms with E-state index in [0.29, 0.717) is 6.10 Å². The number of unbranched alkanes of at least 4 members (excludes halogenated alkanes) is 2. The minimum Gasteiger partial charge on any atom is -0.372 e. The van der Waals surface area contributed by atoms with Gasteiger partial charge in [-0.1, -0.05) is 49.7 Å². The molecule has 1 atom stereocenters. The van der Waals surface area contributed by atoms with Gasteiger partial charge >= 0.3 is 0 Å². The van der Waals surface area contributed by atoms with Gasteiger partial charge in [-0.15, -0.1) is 0 Å². The number of fused-ring (bicyclic) bond motifs is 5. The summed E-state index contributed by atoms with van der Waals surface area (Å²) in [6.07, 6.45) is 6.83. The molecule has 1 unspecified atom stereocenters. The van der Waals surface area contributed by atoms with Crippen LogP contribution < -0.4 is 4.90 Å². The summed E-state index contributed by atoms with van der Waals surface area (Å²) in [4.78, 5) is 7.83. The molecule has 154 valence electrons. The van der Waals surface area contributed by atoms with E-state index in [-0.39, 0.29) is 0 Å². The van der Waals surface area contributed by atoms with Gasteiger partial charge in [0, 0.05) is 22.9 Å². The summed E-state index contributed by atoms with van der Waals surface area (Å²) < 4.78 is 6.41. The van der Waals surface area contributed by atoms with Gasteiger partial charge in [-0.05, 0) is 68.1 Å². The summed E-state index contributed by atoms with van der Waals surface area (Å²) in [5, 5.41) is 0. The van der Waals surface area contributed by atoms with E-state index in [1.165, 1.54) is 71.9 Å². The van der Waals surface area contributed by atoms with E-state index in [4.69, 9.17) is 4.74 Å². The van der Waals surface area contributed by atoms with Crippen LogP contribution in [0.15, 0.2) is 52.3 Å². The lowest BCUT2D eigenvalue weighted by Gasteiger charge is -2.44. The van der Waals surface area contributed by atoms with Crippen molar-refractivity contribution in [2.75, 3.05) is 31.1 Å². The van der Waals surface area contributed by atoms with Crippen molar-refractivity contribution in [3.8, 4) is 0 Å². The number of rotatable bonds is 7. The first-order valence-corrected chi connectivity index (χ1v) is 12.1. The normalized spacial score (nSPS) is 25.0. The van der Waals surface area contributed by atoms with Gasteiger partial charge in [-0.25, -0.2) is 0 Å². The van der Waals surface area contributed by atoms with Crippen molar-refractivity contribution < 1.29 is 4.74 Å². The first-order valence-electron chi connectivity index (χ1n) is 11.3. The average molecular weight is 409 g/mol. The number of para-hydroxylation sites is 1. The van der Waals surface area contributed by atoms with E-state index in [1.54, 1.807) is 0 Å². The summed E-state index contributed by atoms with van der Waals surface area (Å²) in [5.41, 5.74) is 4.02. The van der Waals surface area contributed by atoms with Crippen LogP contribution in [0, 0.1) is 5.92 Å². The fourth-order valence-corrected chi connectivity index (χ4v) is 6.19. The predicted octanol–water partition coefficient (Wildman–Crippen LogP) is 6.09. The highest BCUT2D eigenvalue weighted by Crippen LogP contribution is 2.48. The SMILES string of the molecule is CCCCCN1c2ccccc2Sc2cc(COC3CN4CCC3CC4)ccc21. The zero-order valence-corrected chi connectivity index (χ0v) is 18.3. The van der Waals surface area contributed by atoms with Crippen molar-refractivity contribution in [1.82, 2.24) is 4.90 Å². The van der Waals surface area contributed by atoms with Gasteiger partial charge in [0.25, 0.3) is 0 Å². The standard InChI is InChI=1S/C25H32N2OS/c1-2-3-6-13-27-21-7-4-5-8-24(21)29-25-16-19(9-10-22(25)27)18-28-23-17-26-14-11-20(23)12-15-26/h4-5,7-10,16,20,23H,2-3,6,11-15,17-18H2,1H3. The van der Waals surface area contributed by atoms with Crippen molar-refractivity contribution in [3.63, 3.8) is 0 Å². The lowest BCUT2D eigenvalue weighted by Crippen LogP contribution is -2.51. The highest BCUT2D eigenvalue weighted by atomic mass is 32.2. The second-order valence-electron chi connectivity index (χ2n) is 8.72. The molecule has 4 aliphatic rings. The molecule has 2 bridgehead atoms. The third-order valence-electron chi connectivity index (χ3n) is 6.74. The van der Waals surface area contributed by atoms with Crippen LogP contribution in [0.4, 0.5) is 11.4 Å². The largest absolute Gasteiger partial charge is 0.372 e. The summed E-state index contributed by atoms with van der Waals surface area (Å²) in [7, 11) is 0. The van der Waals surface area contributed by atoms with Gasteiger partial charge in [0.2, 0.25) is 0 Å². The first-order chi connectivity index (χ1) is 14.3. The minimum absolute atomic E-state index is 0.424. The molecule has 0 aliphatic carbocycles. The molecule has 3 fully saturated rings. The molecular weight excluding hydrogens is 376 g/mol. The number of anilines is 2. The summed E-state index contributed by atoms with van der Waals surface area (Å²) in [6, 6.07) is 15.8. The number of hydrogen-bond acceptors (Lipinski definition) is 4. The Morgan fingerprint density at radius 2 is 1.83 bits per heavy atom. The molecule has 0 aromatic heterocycles. The van der Waals surface area contributed by atoms with Crippen LogP contribution in [0.3, 0.4) is 0 Å². The maximum atomic E-state index is 6.41. The molecule has 2 aromatic carbocycles. The molecule has 6 rings (SSSR count). The molecule has 2 aromatic rings. The number of nitrogens with zero attached hydrogens (tertiary/aromatic N) is 2. The lowest BCUT2D eigenvalue weighted by molar-refractivity contribution is -0.0766. The maximum Gasteiger partial charge on any atom is 0.0735 e. The van der Waals surface area contributed by atoms with E-state index >= 15 is 0 Å². The molecular formula is C25H32N2OS. The van der Waals surface area contributed by atoms with E-state index in [0.717, 1.165) is 25.6 Å². The second kappa shape index (κ2) is 8.71. The van der Waals surface area contributed by atoms with E-state index in [2.05, 4.69) is 59.2 Å². The topological polar surface area (TPSA) is 15.7 Å². The summed E-state index contributed by atoms with van der Waals surface area (Å²) in [5.74, 6) is 0.771. The predicted molar refractivity (Wildman–Crippen MR) is 121 cm³/mol. The maximum absolute atomic E-state index is 6.41. The van der Waals surface area contributed by atoms with Gasteiger partial charge in [-0.2, -0.15) is 0 Å². The Morgan fingerprint density at radius 1 is 1.00 bits per heavy atom. The summed E-state index contributed by atoms with van der Waals surface area (Å²) in [6.45, 7) is 7.77. The number of piperidine rings is 3. The first kappa shape index (κ1) is 19.5. The van der Waals surface area contributed by atoms with Gasteiger partial charge < -0.3 is 14.5 Å². The van der Waals surface area contributed by atoms with Crippen molar-refractivity contribution in [2.24, 2.45) is 5.92 Å². The highest BCUT2D eigenvalue weighted by Gasteiger charge is 2.34. The van der Waals surface area contributed by atoms with Crippen LogP contribution >= 0.6 is 11.8 Å². The van der Waals surface area contributed by atoms with E-state index in [9.17, 15) is 0 Å². The zero-order chi connectivity index (χ0) is 19.6. The lowest BCUT2D eigenvalue weighted by atomic mass is 9.86. The molecule has 3 nitrogen and oxygen atoms in total. The molecule has 4 heteroatoms. The Labute approximate surface area is 179 Å². The van der Waals surface area contributed by atoms with Crippen molar-refractivity contribution in [2.45, 2.75) is 61.5 Å². The Balaban J connectivity index is 1.32. The Kier molecular flexibility index (Phi) is 5.85. The highest BCUT2D eigenvalue weighted by molar-refractivity contribution is 7.99. The van der Waals surface area contributed by atoms with Crippen LogP contribution in [-0.2, 0) is 11.3 Å². The van der Waals surface area contributed by atoms with Crippen LogP contribution in [0.1, 0.15) is 44.6 Å². The van der Waals surface area contributed by atoms with Crippen LogP contribution in [0.5, 0.6) is 0 Å². The summed E-state index contributed by atoms with van der Waals surface area (Å²) >= 11 is 1.91. The fourth-order valence-electron chi connectivity index (χ4n) is 5.03. The van der Waals surface area contributed by atoms with Crippen molar-refractivity contribution >= 4 is 23.1 Å². The monoisotopic (exact) mass is 408 g/mol. The van der Waals surface area contributed by atoms with E-state index in [1.807, 2.05) is 11.8 Å². The minimum atomic E-state index is 0.424. The Hall–Kier alpha value is -1.49. The molecule has 0 radical (unpaired) electrons. The van der Waals surface area contributed by atoms with E-state index < -0.39 is 0 Å². The molecule has 0 spiro atoms. The molecule has 29 heavy (non-hydrogen) atoms. The van der Waals surface area contributed by atoms with Crippen LogP contribution in [0.2, 0.25) is 0 Å². The number of hydrogen-bond donors (Lipinski definition) is 0. The van der Waals surface area contributed by atoms with Gasteiger partial charge in [0.05, 0.1) is 24.1 Å². The van der Waals surface area contributed by atoms with Crippen LogP contribution in [0.25, 0.3) is 0 Å². The Bertz CT molecular complexity index is 846. The van der Waals surface area contributed by atoms with Crippen LogP contribution in [-0.4, -0.2) is 37.2 Å². The molecule has 0 saturated carbocycles. The average Bonchev–Trinajstić information content (AvgIpc) is 2.78. The number of benzene rings is 2. The van der Waals surface area contributed by atoms with Crippen molar-refractivity contribution in [3.05, 3.63) is 48.0 Å². The zero-order valence-electron chi connectivity index (χ0n) is 17.5. The van der Waals surface area contributed by atoms with Gasteiger partial charge in [0.15, 0.2) is 0 Å². The molecule has 4 aliphatic heterocycles. The second-order valence-corrected chi connectivity index (χ2v) is 9.80. The van der Waals surface area contributed by atoms with Crippen molar-refractivity contribution in [1.29, 1.82) is 0 Å². The fraction of sp³-hybridized carbons (Fsp3) is 0.520. The third-order valence-corrected chi connectivity index (χ3v) is 7.85. The quantitative estimate of drug-likeness (QED) is 0.515. The van der Waals surface area contributed by atoms with Gasteiger partial charge in [0.1, 0.15) is 0 Å². The molecule has 4 heterocycles. The molecule has 3 saturated heterocycles. The molecule has 0 amide bonds. The van der Waals surface area contributed by atoms with Gasteiger partial charge in [-0.3, -0.25) is 0 Å². The molecule has 0 N–H and O–H groups in total. The number of ether oxygens (including phenoxy) is 1. The smallest absolute Gasteiger partial charge is 0.0735 e. The Morgan fingerprint density at radius 3 is 2.62 bits per heavy atom. The third kappa shape index (κ3) is 4.08.